The molecule has 1 N–H and O–H groups in total. The third kappa shape index (κ3) is 3.97. The summed E-state index contributed by atoms with van der Waals surface area (Å²) in [5.41, 5.74) is 2.86. The van der Waals surface area contributed by atoms with Gasteiger partial charge in [-0.1, -0.05) is 42.5 Å². The lowest BCUT2D eigenvalue weighted by atomic mass is 9.87. The lowest BCUT2D eigenvalue weighted by Crippen LogP contribution is -2.36. The van der Waals surface area contributed by atoms with E-state index in [1.54, 1.807) is 0 Å². The third-order valence-electron chi connectivity index (χ3n) is 5.42. The second-order valence-corrected chi connectivity index (χ2v) is 7.21. The first-order valence-corrected chi connectivity index (χ1v) is 9.59. The van der Waals surface area contributed by atoms with Crippen molar-refractivity contribution in [1.29, 1.82) is 0 Å². The van der Waals surface area contributed by atoms with E-state index in [-0.39, 0.29) is 6.10 Å². The fourth-order valence-electron chi connectivity index (χ4n) is 3.90. The van der Waals surface area contributed by atoms with Gasteiger partial charge in [-0.2, -0.15) is 0 Å². The average molecular weight is 350 g/mol. The van der Waals surface area contributed by atoms with Crippen molar-refractivity contribution >= 4 is 11.1 Å². The number of piperidine rings is 1. The Bertz CT molecular complexity index is 789. The second-order valence-electron chi connectivity index (χ2n) is 7.21. The van der Waals surface area contributed by atoms with Gasteiger partial charge in [0.05, 0.1) is 6.10 Å². The van der Waals surface area contributed by atoms with E-state index in [1.165, 1.54) is 0 Å². The van der Waals surface area contributed by atoms with Crippen LogP contribution in [0.1, 0.15) is 36.8 Å². The van der Waals surface area contributed by atoms with Crippen LogP contribution in [0.25, 0.3) is 11.1 Å². The van der Waals surface area contributed by atoms with Crippen LogP contribution in [0.3, 0.4) is 0 Å². The normalized spacial score (nSPS) is 17.6. The Hall–Kier alpha value is -2.17. The van der Waals surface area contributed by atoms with Gasteiger partial charge in [-0.05, 0) is 62.5 Å². The Morgan fingerprint density at radius 1 is 1.04 bits per heavy atom. The number of para-hydroxylation sites is 2. The fourth-order valence-corrected chi connectivity index (χ4v) is 3.90. The van der Waals surface area contributed by atoms with Crippen molar-refractivity contribution in [2.75, 3.05) is 19.6 Å². The molecule has 136 valence electrons. The summed E-state index contributed by atoms with van der Waals surface area (Å²) in [5, 5.41) is 10.6. The fraction of sp³-hybridized carbons (Fsp3) is 0.409. The quantitative estimate of drug-likeness (QED) is 0.724. The topological polar surface area (TPSA) is 49.5 Å². The molecule has 4 nitrogen and oxygen atoms in total. The molecule has 26 heavy (non-hydrogen) atoms. The highest BCUT2D eigenvalue weighted by molar-refractivity contribution is 5.72. The highest BCUT2D eigenvalue weighted by atomic mass is 16.3. The van der Waals surface area contributed by atoms with Crippen molar-refractivity contribution in [3.05, 3.63) is 66.1 Å². The summed E-state index contributed by atoms with van der Waals surface area (Å²) in [6.45, 7) is 3.18. The zero-order chi connectivity index (χ0) is 17.8. The number of rotatable bonds is 6. The number of hydrogen-bond donors (Lipinski definition) is 1. The lowest BCUT2D eigenvalue weighted by molar-refractivity contribution is 0.0585. The average Bonchev–Trinajstić information content (AvgIpc) is 3.11. The van der Waals surface area contributed by atoms with E-state index in [0.29, 0.717) is 5.92 Å². The Morgan fingerprint density at radius 2 is 1.77 bits per heavy atom. The van der Waals surface area contributed by atoms with E-state index >= 15 is 0 Å². The van der Waals surface area contributed by atoms with Gasteiger partial charge < -0.3 is 14.4 Å². The molecule has 0 saturated carbocycles. The number of oxazole rings is 1. The van der Waals surface area contributed by atoms with Crippen molar-refractivity contribution in [2.45, 2.75) is 31.8 Å². The standard InChI is InChI=1S/C22H26N2O2/c25-22(17-7-2-1-3-8-17)18-12-15-24(16-13-18)14-6-11-21-23-19-9-4-5-10-20(19)26-21/h1-5,7-10,18,22,25H,6,11-16H2/t22-/m1/s1. The van der Waals surface area contributed by atoms with Crippen LogP contribution in [0.2, 0.25) is 0 Å². The van der Waals surface area contributed by atoms with Gasteiger partial charge in [0.1, 0.15) is 5.52 Å². The monoisotopic (exact) mass is 350 g/mol. The molecule has 0 spiro atoms. The van der Waals surface area contributed by atoms with Crippen LogP contribution in [0, 0.1) is 5.92 Å². The molecule has 0 radical (unpaired) electrons. The minimum atomic E-state index is -0.335. The van der Waals surface area contributed by atoms with Gasteiger partial charge in [-0.15, -0.1) is 0 Å². The highest BCUT2D eigenvalue weighted by Crippen LogP contribution is 2.30. The first kappa shape index (κ1) is 17.3. The lowest BCUT2D eigenvalue weighted by Gasteiger charge is -2.34. The summed E-state index contributed by atoms with van der Waals surface area (Å²) >= 11 is 0. The summed E-state index contributed by atoms with van der Waals surface area (Å²) < 4.78 is 5.79. The second kappa shape index (κ2) is 8.02. The highest BCUT2D eigenvalue weighted by Gasteiger charge is 2.25. The van der Waals surface area contributed by atoms with Crippen LogP contribution in [0.4, 0.5) is 0 Å². The minimum Gasteiger partial charge on any atom is -0.441 e. The summed E-state index contributed by atoms with van der Waals surface area (Å²) in [6.07, 6.45) is 3.70. The molecule has 1 aromatic heterocycles. The van der Waals surface area contributed by atoms with Crippen LogP contribution in [-0.4, -0.2) is 34.6 Å². The van der Waals surface area contributed by atoms with Crippen LogP contribution < -0.4 is 0 Å². The summed E-state index contributed by atoms with van der Waals surface area (Å²) in [4.78, 5) is 7.04. The van der Waals surface area contributed by atoms with E-state index in [0.717, 1.165) is 67.9 Å². The van der Waals surface area contributed by atoms with Crippen molar-refractivity contribution in [2.24, 2.45) is 5.92 Å². The van der Waals surface area contributed by atoms with Gasteiger partial charge in [-0.25, -0.2) is 4.98 Å². The van der Waals surface area contributed by atoms with Gasteiger partial charge in [-0.3, -0.25) is 0 Å². The van der Waals surface area contributed by atoms with E-state index in [1.807, 2.05) is 54.6 Å². The van der Waals surface area contributed by atoms with Crippen LogP contribution in [-0.2, 0) is 6.42 Å². The van der Waals surface area contributed by atoms with Gasteiger partial charge in [0.25, 0.3) is 0 Å². The number of aliphatic hydroxyl groups excluding tert-OH is 1. The minimum absolute atomic E-state index is 0.335. The van der Waals surface area contributed by atoms with Crippen molar-refractivity contribution < 1.29 is 9.52 Å². The van der Waals surface area contributed by atoms with Gasteiger partial charge in [0, 0.05) is 6.42 Å². The number of hydrogen-bond acceptors (Lipinski definition) is 4. The van der Waals surface area contributed by atoms with E-state index in [9.17, 15) is 5.11 Å². The zero-order valence-corrected chi connectivity index (χ0v) is 15.1. The molecule has 0 unspecified atom stereocenters. The Labute approximate surface area is 154 Å². The number of fused-ring (bicyclic) bond motifs is 1. The summed E-state index contributed by atoms with van der Waals surface area (Å²) in [5.74, 6) is 1.20. The molecular formula is C22H26N2O2. The molecule has 0 amide bonds. The van der Waals surface area contributed by atoms with Crippen molar-refractivity contribution in [1.82, 2.24) is 9.88 Å². The number of aliphatic hydroxyl groups is 1. The molecule has 1 atom stereocenters. The predicted octanol–water partition coefficient (Wildman–Crippen LogP) is 4.21. The van der Waals surface area contributed by atoms with E-state index in [4.69, 9.17) is 4.42 Å². The van der Waals surface area contributed by atoms with Crippen LogP contribution >= 0.6 is 0 Å². The molecule has 4 heteroatoms. The number of benzene rings is 2. The molecule has 4 rings (SSSR count). The maximum atomic E-state index is 10.6. The molecule has 3 aromatic rings. The maximum Gasteiger partial charge on any atom is 0.195 e. The molecule has 1 aliphatic heterocycles. The van der Waals surface area contributed by atoms with Crippen LogP contribution in [0.15, 0.2) is 59.0 Å². The van der Waals surface area contributed by atoms with Crippen molar-refractivity contribution in [3.8, 4) is 0 Å². The molecule has 0 aliphatic carbocycles. The number of likely N-dealkylation sites (tertiary alicyclic amines) is 1. The molecule has 1 aliphatic rings. The number of aromatic nitrogens is 1. The zero-order valence-electron chi connectivity index (χ0n) is 15.1. The molecular weight excluding hydrogens is 324 g/mol. The van der Waals surface area contributed by atoms with Crippen molar-refractivity contribution in [3.63, 3.8) is 0 Å². The predicted molar refractivity (Wildman–Crippen MR) is 103 cm³/mol. The summed E-state index contributed by atoms with van der Waals surface area (Å²) in [6, 6.07) is 18.0. The SMILES string of the molecule is O[C@H](c1ccccc1)C1CCN(CCCc2nc3ccccc3o2)CC1. The first-order chi connectivity index (χ1) is 12.8. The first-order valence-electron chi connectivity index (χ1n) is 9.59. The molecule has 1 fully saturated rings. The number of aryl methyl sites for hydroxylation is 1. The smallest absolute Gasteiger partial charge is 0.195 e. The van der Waals surface area contributed by atoms with E-state index < -0.39 is 0 Å². The summed E-state index contributed by atoms with van der Waals surface area (Å²) in [7, 11) is 0. The maximum absolute atomic E-state index is 10.6. The Morgan fingerprint density at radius 3 is 2.54 bits per heavy atom. The molecule has 2 heterocycles. The van der Waals surface area contributed by atoms with Gasteiger partial charge in [0.15, 0.2) is 11.5 Å². The molecule has 1 saturated heterocycles. The molecule has 0 bridgehead atoms. The van der Waals surface area contributed by atoms with Gasteiger partial charge in [0.2, 0.25) is 0 Å². The number of nitrogens with zero attached hydrogens (tertiary/aromatic N) is 2. The van der Waals surface area contributed by atoms with Gasteiger partial charge >= 0.3 is 0 Å². The van der Waals surface area contributed by atoms with Crippen LogP contribution in [0.5, 0.6) is 0 Å². The Kier molecular flexibility index (Phi) is 5.32. The Balaban J connectivity index is 1.22. The molecule has 2 aromatic carbocycles. The van der Waals surface area contributed by atoms with E-state index in [2.05, 4.69) is 9.88 Å². The largest absolute Gasteiger partial charge is 0.441 e. The third-order valence-corrected chi connectivity index (χ3v) is 5.42.